The van der Waals surface area contributed by atoms with Gasteiger partial charge < -0.3 is 25.8 Å². The van der Waals surface area contributed by atoms with Gasteiger partial charge in [-0.25, -0.2) is 4.98 Å². The maximum Gasteiger partial charge on any atom is 0.253 e. The van der Waals surface area contributed by atoms with Crippen LogP contribution in [0, 0.1) is 0 Å². The number of aliphatic hydroxyl groups is 1. The molecular formula is C17H20N4O3S. The summed E-state index contributed by atoms with van der Waals surface area (Å²) < 4.78 is 0. The minimum atomic E-state index is -0.226. The Labute approximate surface area is 148 Å². The van der Waals surface area contributed by atoms with E-state index in [4.69, 9.17) is 5.11 Å². The minimum Gasteiger partial charge on any atom is -0.506 e. The Morgan fingerprint density at radius 3 is 2.88 bits per heavy atom. The second kappa shape index (κ2) is 8.11. The zero-order chi connectivity index (χ0) is 17.6. The van der Waals surface area contributed by atoms with Gasteiger partial charge in [0.1, 0.15) is 22.6 Å². The highest BCUT2D eigenvalue weighted by molar-refractivity contribution is 7.13. The summed E-state index contributed by atoms with van der Waals surface area (Å²) in [5.74, 6) is 0.472. The van der Waals surface area contributed by atoms with Crippen molar-refractivity contribution in [1.29, 1.82) is 0 Å². The summed E-state index contributed by atoms with van der Waals surface area (Å²) in [7, 11) is 0. The molecule has 3 rings (SSSR count). The number of fused-ring (bicyclic) bond motifs is 1. The Morgan fingerprint density at radius 1 is 1.24 bits per heavy atom. The van der Waals surface area contributed by atoms with Gasteiger partial charge in [-0.05, 0) is 36.5 Å². The van der Waals surface area contributed by atoms with Crippen LogP contribution >= 0.6 is 11.3 Å². The predicted molar refractivity (Wildman–Crippen MR) is 98.0 cm³/mol. The lowest BCUT2D eigenvalue weighted by atomic mass is 10.1. The number of aromatic amines is 1. The highest BCUT2D eigenvalue weighted by Crippen LogP contribution is 2.30. The van der Waals surface area contributed by atoms with Gasteiger partial charge in [-0.3, -0.25) is 4.79 Å². The fourth-order valence-corrected chi connectivity index (χ4v) is 3.18. The summed E-state index contributed by atoms with van der Waals surface area (Å²) in [6.07, 6.45) is 0.758. The number of nitrogens with zero attached hydrogens (tertiary/aromatic N) is 1. The Hall–Kier alpha value is -2.42. The van der Waals surface area contributed by atoms with Crippen molar-refractivity contribution in [2.75, 3.05) is 26.2 Å². The summed E-state index contributed by atoms with van der Waals surface area (Å²) in [4.78, 5) is 21.0. The van der Waals surface area contributed by atoms with E-state index in [1.54, 1.807) is 6.07 Å². The summed E-state index contributed by atoms with van der Waals surface area (Å²) in [6.45, 7) is 1.88. The molecule has 8 heteroatoms. The van der Waals surface area contributed by atoms with Gasteiger partial charge in [0, 0.05) is 13.1 Å². The molecule has 0 aliphatic carbocycles. The average molecular weight is 360 g/mol. The molecule has 2 aromatic heterocycles. The molecule has 1 aromatic carbocycles. The SMILES string of the molecule is O=C(NCCCNCCO)c1ccc(O)c2[nH]c(-c3cccs3)nc12. The van der Waals surface area contributed by atoms with Crippen LogP contribution in [0.5, 0.6) is 5.75 Å². The lowest BCUT2D eigenvalue weighted by molar-refractivity contribution is 0.0954. The quantitative estimate of drug-likeness (QED) is 0.393. The van der Waals surface area contributed by atoms with Gasteiger partial charge in [0.2, 0.25) is 0 Å². The first-order chi connectivity index (χ1) is 12.2. The van der Waals surface area contributed by atoms with Crippen molar-refractivity contribution in [2.45, 2.75) is 6.42 Å². The van der Waals surface area contributed by atoms with Gasteiger partial charge in [-0.1, -0.05) is 6.07 Å². The van der Waals surface area contributed by atoms with Crippen LogP contribution in [0.4, 0.5) is 0 Å². The smallest absolute Gasteiger partial charge is 0.253 e. The van der Waals surface area contributed by atoms with Crippen LogP contribution in [0.2, 0.25) is 0 Å². The van der Waals surface area contributed by atoms with Crippen LogP contribution in [0.3, 0.4) is 0 Å². The zero-order valence-corrected chi connectivity index (χ0v) is 14.4. The average Bonchev–Trinajstić information content (AvgIpc) is 3.27. The topological polar surface area (TPSA) is 110 Å². The predicted octanol–water partition coefficient (Wildman–Crippen LogP) is 1.70. The molecule has 5 N–H and O–H groups in total. The Kier molecular flexibility index (Phi) is 5.64. The Bertz CT molecular complexity index is 845. The molecular weight excluding hydrogens is 340 g/mol. The molecule has 0 fully saturated rings. The molecule has 0 radical (unpaired) electrons. The van der Waals surface area contributed by atoms with Crippen molar-refractivity contribution >= 4 is 28.3 Å². The number of phenols is 1. The van der Waals surface area contributed by atoms with Gasteiger partial charge in [0.05, 0.1) is 17.0 Å². The molecule has 0 unspecified atom stereocenters. The van der Waals surface area contributed by atoms with E-state index in [9.17, 15) is 9.90 Å². The number of thiophene rings is 1. The zero-order valence-electron chi connectivity index (χ0n) is 13.6. The van der Waals surface area contributed by atoms with Crippen molar-refractivity contribution in [2.24, 2.45) is 0 Å². The third-order valence-electron chi connectivity index (χ3n) is 3.73. The third kappa shape index (κ3) is 3.98. The van der Waals surface area contributed by atoms with Crippen LogP contribution in [0.15, 0.2) is 29.6 Å². The molecule has 0 aliphatic rings. The molecule has 1 amide bonds. The van der Waals surface area contributed by atoms with Crippen LogP contribution in [0.25, 0.3) is 21.7 Å². The van der Waals surface area contributed by atoms with Crippen molar-refractivity contribution in [3.05, 3.63) is 35.2 Å². The number of carbonyl (C=O) groups excluding carboxylic acids is 1. The normalized spacial score (nSPS) is 11.1. The number of carbonyl (C=O) groups is 1. The van der Waals surface area contributed by atoms with E-state index >= 15 is 0 Å². The fraction of sp³-hybridized carbons (Fsp3) is 0.294. The number of amides is 1. The van der Waals surface area contributed by atoms with E-state index in [-0.39, 0.29) is 18.3 Å². The van der Waals surface area contributed by atoms with E-state index in [1.165, 1.54) is 17.4 Å². The van der Waals surface area contributed by atoms with Crippen molar-refractivity contribution in [3.8, 4) is 16.5 Å². The molecule has 0 saturated carbocycles. The number of imidazole rings is 1. The highest BCUT2D eigenvalue weighted by atomic mass is 32.1. The number of nitrogens with one attached hydrogen (secondary N) is 3. The summed E-state index contributed by atoms with van der Waals surface area (Å²) in [6, 6.07) is 6.93. The van der Waals surface area contributed by atoms with E-state index in [0.717, 1.165) is 17.8 Å². The number of rotatable bonds is 8. The number of phenolic OH excluding ortho intramolecular Hbond substituents is 1. The Morgan fingerprint density at radius 2 is 2.12 bits per heavy atom. The van der Waals surface area contributed by atoms with E-state index in [2.05, 4.69) is 20.6 Å². The molecule has 0 bridgehead atoms. The third-order valence-corrected chi connectivity index (χ3v) is 4.60. The van der Waals surface area contributed by atoms with E-state index < -0.39 is 0 Å². The van der Waals surface area contributed by atoms with Crippen molar-refractivity contribution < 1.29 is 15.0 Å². The number of aliphatic hydroxyl groups excluding tert-OH is 1. The number of aromatic nitrogens is 2. The number of benzene rings is 1. The molecule has 2 heterocycles. The number of H-pyrrole nitrogens is 1. The molecule has 0 atom stereocenters. The van der Waals surface area contributed by atoms with Crippen molar-refractivity contribution in [3.63, 3.8) is 0 Å². The molecule has 25 heavy (non-hydrogen) atoms. The molecule has 0 spiro atoms. The van der Waals surface area contributed by atoms with Crippen LogP contribution in [-0.4, -0.2) is 52.3 Å². The molecule has 0 aliphatic heterocycles. The monoisotopic (exact) mass is 360 g/mol. The van der Waals surface area contributed by atoms with E-state index in [0.29, 0.717) is 35.5 Å². The first-order valence-corrected chi connectivity index (χ1v) is 8.94. The minimum absolute atomic E-state index is 0.0649. The maximum absolute atomic E-state index is 12.5. The highest BCUT2D eigenvalue weighted by Gasteiger charge is 2.17. The molecule has 3 aromatic rings. The second-order valence-electron chi connectivity index (χ2n) is 5.50. The standard InChI is InChI=1S/C17H20N4O3S/c22-9-8-18-6-2-7-19-17(24)11-4-5-12(23)15-14(11)20-16(21-15)13-3-1-10-25-13/h1,3-5,10,18,22-23H,2,6-9H2,(H,19,24)(H,20,21). The van der Waals surface area contributed by atoms with Crippen LogP contribution in [-0.2, 0) is 0 Å². The maximum atomic E-state index is 12.5. The lowest BCUT2D eigenvalue weighted by Gasteiger charge is -2.07. The molecule has 132 valence electrons. The Balaban J connectivity index is 1.75. The summed E-state index contributed by atoms with van der Waals surface area (Å²) in [5.41, 5.74) is 1.34. The number of hydrogen-bond donors (Lipinski definition) is 5. The van der Waals surface area contributed by atoms with Gasteiger partial charge in [-0.2, -0.15) is 0 Å². The molecule has 0 saturated heterocycles. The van der Waals surface area contributed by atoms with Gasteiger partial charge in [-0.15, -0.1) is 11.3 Å². The first-order valence-electron chi connectivity index (χ1n) is 8.06. The van der Waals surface area contributed by atoms with Gasteiger partial charge in [0.15, 0.2) is 0 Å². The number of aromatic hydroxyl groups is 1. The largest absolute Gasteiger partial charge is 0.506 e. The van der Waals surface area contributed by atoms with E-state index in [1.807, 2.05) is 17.5 Å². The lowest BCUT2D eigenvalue weighted by Crippen LogP contribution is -2.28. The first kappa shape index (κ1) is 17.4. The summed E-state index contributed by atoms with van der Waals surface area (Å²) in [5, 5.41) is 26.6. The summed E-state index contributed by atoms with van der Waals surface area (Å²) >= 11 is 1.53. The van der Waals surface area contributed by atoms with Gasteiger partial charge in [0.25, 0.3) is 5.91 Å². The fourth-order valence-electron chi connectivity index (χ4n) is 2.51. The van der Waals surface area contributed by atoms with Crippen LogP contribution in [0.1, 0.15) is 16.8 Å². The number of hydrogen-bond acceptors (Lipinski definition) is 6. The molecule has 7 nitrogen and oxygen atoms in total. The van der Waals surface area contributed by atoms with Crippen LogP contribution < -0.4 is 10.6 Å². The van der Waals surface area contributed by atoms with Gasteiger partial charge >= 0.3 is 0 Å². The van der Waals surface area contributed by atoms with Crippen molar-refractivity contribution in [1.82, 2.24) is 20.6 Å². The second-order valence-corrected chi connectivity index (χ2v) is 6.45.